The third-order valence-electron chi connectivity index (χ3n) is 2.06. The van der Waals surface area contributed by atoms with E-state index in [1.165, 1.54) is 19.4 Å². The van der Waals surface area contributed by atoms with Crippen LogP contribution >= 0.6 is 0 Å². The van der Waals surface area contributed by atoms with E-state index in [0.29, 0.717) is 0 Å². The number of rotatable bonds is 0. The Labute approximate surface area is 50.5 Å². The van der Waals surface area contributed by atoms with E-state index >= 15 is 0 Å². The van der Waals surface area contributed by atoms with Gasteiger partial charge >= 0.3 is 0 Å². The van der Waals surface area contributed by atoms with Crippen LogP contribution in [0, 0.1) is 18.8 Å². The van der Waals surface area contributed by atoms with Crippen LogP contribution < -0.4 is 5.32 Å². The lowest BCUT2D eigenvalue weighted by molar-refractivity contribution is 0.111. The van der Waals surface area contributed by atoms with Crippen LogP contribution in [0.25, 0.3) is 0 Å². The molecule has 1 heteroatoms. The molecule has 1 heterocycles. The van der Waals surface area contributed by atoms with Crippen molar-refractivity contribution in [2.45, 2.75) is 18.9 Å². The molecule has 2 aliphatic rings. The Morgan fingerprint density at radius 3 is 1.88 bits per heavy atom. The Morgan fingerprint density at radius 1 is 1.25 bits per heavy atom. The molecule has 2 atom stereocenters. The van der Waals surface area contributed by atoms with Crippen LogP contribution in [0.1, 0.15) is 12.8 Å². The van der Waals surface area contributed by atoms with E-state index in [2.05, 4.69) is 18.2 Å². The number of piperidine rings is 1. The molecule has 0 bridgehead atoms. The maximum atomic E-state index is 4.00. The highest BCUT2D eigenvalue weighted by atomic mass is 15.0. The fraction of sp³-hybridized carbons (Fsp3) is 0.714. The summed E-state index contributed by atoms with van der Waals surface area (Å²) in [5, 5.41) is 3.34. The summed E-state index contributed by atoms with van der Waals surface area (Å²) in [5.74, 6) is 1.10. The Balaban J connectivity index is 0.000000147. The number of hydrogen-bond donors (Lipinski definition) is 1. The Kier molecular flexibility index (Phi) is 1.55. The molecule has 1 aliphatic carbocycles. The van der Waals surface area contributed by atoms with Gasteiger partial charge in [-0.2, -0.15) is 0 Å². The normalized spacial score (nSPS) is 39.2. The minimum absolute atomic E-state index is 0.963. The van der Waals surface area contributed by atoms with Gasteiger partial charge in [-0.15, -0.1) is 12.8 Å². The third-order valence-corrected chi connectivity index (χ3v) is 2.06. The smallest absolute Gasteiger partial charge is 0.0108 e. The second kappa shape index (κ2) is 2.19. The van der Waals surface area contributed by atoms with Crippen LogP contribution in [-0.2, 0) is 0 Å². The molecule has 0 aromatic carbocycles. The maximum Gasteiger partial charge on any atom is 0.0108 e. The predicted molar refractivity (Wildman–Crippen MR) is 34.4 cm³/mol. The van der Waals surface area contributed by atoms with Crippen molar-refractivity contribution >= 4 is 0 Å². The molecule has 1 saturated carbocycles. The number of fused-ring (bicyclic) bond motifs is 1. The monoisotopic (exact) mass is 109 g/mol. The van der Waals surface area contributed by atoms with E-state index in [4.69, 9.17) is 0 Å². The molecule has 1 N–H and O–H groups in total. The van der Waals surface area contributed by atoms with E-state index in [9.17, 15) is 0 Å². The first-order chi connectivity index (χ1) is 3.97. The molecule has 0 amide bonds. The highest BCUT2D eigenvalue weighted by Crippen LogP contribution is 2.32. The molecule has 1 aliphatic heterocycles. The van der Waals surface area contributed by atoms with Crippen molar-refractivity contribution in [1.29, 1.82) is 0 Å². The van der Waals surface area contributed by atoms with E-state index in [1.54, 1.807) is 0 Å². The van der Waals surface area contributed by atoms with Gasteiger partial charge in [0.2, 0.25) is 0 Å². The van der Waals surface area contributed by atoms with Crippen molar-refractivity contribution < 1.29 is 0 Å². The summed E-state index contributed by atoms with van der Waals surface area (Å²) < 4.78 is 0. The zero-order chi connectivity index (χ0) is 5.98. The first-order valence-electron chi connectivity index (χ1n) is 3.03. The summed E-state index contributed by atoms with van der Waals surface area (Å²) in [7, 11) is 0. The molecule has 1 saturated heterocycles. The Hall–Kier alpha value is -0.480. The molecular weight excluding hydrogens is 98.1 g/mol. The molecule has 0 radical (unpaired) electrons. The molecule has 2 fully saturated rings. The van der Waals surface area contributed by atoms with Gasteiger partial charge in [0.1, 0.15) is 0 Å². The number of hydrogen-bond acceptors (Lipinski definition) is 1. The van der Waals surface area contributed by atoms with Gasteiger partial charge in [0.05, 0.1) is 0 Å². The highest BCUT2D eigenvalue weighted by Gasteiger charge is 2.37. The summed E-state index contributed by atoms with van der Waals surface area (Å²) in [6, 6.07) is 0.963. The van der Waals surface area contributed by atoms with Gasteiger partial charge in [0.25, 0.3) is 0 Å². The minimum Gasteiger partial charge on any atom is -0.313 e. The van der Waals surface area contributed by atoms with Crippen LogP contribution in [0.5, 0.6) is 0 Å². The zero-order valence-electron chi connectivity index (χ0n) is 4.93. The van der Waals surface area contributed by atoms with E-state index in [-0.39, 0.29) is 0 Å². The summed E-state index contributed by atoms with van der Waals surface area (Å²) in [5.41, 5.74) is 0. The summed E-state index contributed by atoms with van der Waals surface area (Å²) in [6.07, 6.45) is 10.9. The van der Waals surface area contributed by atoms with Crippen LogP contribution in [-0.4, -0.2) is 12.6 Å². The minimum atomic E-state index is 0.963. The molecule has 2 unspecified atom stereocenters. The number of nitrogens with one attached hydrogen (secondary N) is 1. The molecule has 0 aromatic heterocycles. The van der Waals surface area contributed by atoms with Crippen LogP contribution in [0.4, 0.5) is 0 Å². The lowest BCUT2D eigenvalue weighted by Crippen LogP contribution is -2.59. The average molecular weight is 109 g/mol. The standard InChI is InChI=1S/C5H9N.C2H2/c1-2-5-4(1)3-6-5;1-2/h4-6H,1-3H2;1-2H. The van der Waals surface area contributed by atoms with Crippen molar-refractivity contribution in [2.24, 2.45) is 5.92 Å². The molecule has 8 heavy (non-hydrogen) atoms. The van der Waals surface area contributed by atoms with Crippen molar-refractivity contribution in [3.05, 3.63) is 0 Å². The molecule has 0 spiro atoms. The average Bonchev–Trinajstić information content (AvgIpc) is 1.83. The fourth-order valence-corrected chi connectivity index (χ4v) is 1.22. The largest absolute Gasteiger partial charge is 0.313 e. The second-order valence-electron chi connectivity index (χ2n) is 2.35. The highest BCUT2D eigenvalue weighted by molar-refractivity contribution is 4.96. The zero-order valence-corrected chi connectivity index (χ0v) is 4.93. The van der Waals surface area contributed by atoms with Crippen LogP contribution in [0.2, 0.25) is 0 Å². The maximum absolute atomic E-state index is 4.00. The molecule has 0 aromatic rings. The van der Waals surface area contributed by atoms with Gasteiger partial charge in [0.15, 0.2) is 0 Å². The van der Waals surface area contributed by atoms with Gasteiger partial charge in [-0.3, -0.25) is 0 Å². The van der Waals surface area contributed by atoms with E-state index < -0.39 is 0 Å². The Bertz CT molecular complexity index is 77.8. The van der Waals surface area contributed by atoms with Gasteiger partial charge in [-0.1, -0.05) is 0 Å². The first kappa shape index (κ1) is 5.65. The van der Waals surface area contributed by atoms with Crippen molar-refractivity contribution in [2.75, 3.05) is 6.54 Å². The molecule has 44 valence electrons. The summed E-state index contributed by atoms with van der Waals surface area (Å²) >= 11 is 0. The third kappa shape index (κ3) is 0.617. The van der Waals surface area contributed by atoms with Gasteiger partial charge < -0.3 is 5.32 Å². The first-order valence-corrected chi connectivity index (χ1v) is 3.03. The quantitative estimate of drug-likeness (QED) is 0.450. The van der Waals surface area contributed by atoms with Crippen molar-refractivity contribution in [3.8, 4) is 12.8 Å². The fourth-order valence-electron chi connectivity index (χ4n) is 1.22. The molecule has 2 rings (SSSR count). The lowest BCUT2D eigenvalue weighted by Gasteiger charge is -2.47. The number of terminal acetylenes is 1. The van der Waals surface area contributed by atoms with Gasteiger partial charge in [0, 0.05) is 6.04 Å². The van der Waals surface area contributed by atoms with E-state index in [0.717, 1.165) is 12.0 Å². The van der Waals surface area contributed by atoms with E-state index in [1.807, 2.05) is 0 Å². The topological polar surface area (TPSA) is 12.0 Å². The summed E-state index contributed by atoms with van der Waals surface area (Å²) in [6.45, 7) is 1.31. The van der Waals surface area contributed by atoms with Crippen molar-refractivity contribution in [1.82, 2.24) is 5.32 Å². The Morgan fingerprint density at radius 2 is 1.88 bits per heavy atom. The lowest BCUT2D eigenvalue weighted by atomic mass is 9.74. The molecule has 1 nitrogen and oxygen atoms in total. The summed E-state index contributed by atoms with van der Waals surface area (Å²) in [4.78, 5) is 0. The van der Waals surface area contributed by atoms with Crippen LogP contribution in [0.3, 0.4) is 0 Å². The SMILES string of the molecule is C#C.C1CC2NCC12. The molecular formula is C7H11N. The van der Waals surface area contributed by atoms with Crippen LogP contribution in [0.15, 0.2) is 0 Å². The van der Waals surface area contributed by atoms with Gasteiger partial charge in [-0.25, -0.2) is 0 Å². The van der Waals surface area contributed by atoms with Crippen molar-refractivity contribution in [3.63, 3.8) is 0 Å². The van der Waals surface area contributed by atoms with Gasteiger partial charge in [-0.05, 0) is 25.3 Å². The second-order valence-corrected chi connectivity index (χ2v) is 2.35. The predicted octanol–water partition coefficient (Wildman–Crippen LogP) is 0.618.